The van der Waals surface area contributed by atoms with Crippen LogP contribution in [0.1, 0.15) is 56.6 Å². The zero-order chi connectivity index (χ0) is 20.2. The van der Waals surface area contributed by atoms with Crippen molar-refractivity contribution in [1.82, 2.24) is 19.7 Å². The smallest absolute Gasteiger partial charge is 0.267 e. The lowest BCUT2D eigenvalue weighted by Crippen LogP contribution is -2.45. The minimum atomic E-state index is -0.498. The van der Waals surface area contributed by atoms with Gasteiger partial charge in [-0.05, 0) is 50.7 Å². The van der Waals surface area contributed by atoms with Crippen molar-refractivity contribution in [3.8, 4) is 0 Å². The number of nitrogens with one attached hydrogen (secondary N) is 1. The molecule has 2 aliphatic rings. The van der Waals surface area contributed by atoms with Gasteiger partial charge in [0.1, 0.15) is 5.82 Å². The molecule has 1 aliphatic carbocycles. The van der Waals surface area contributed by atoms with Crippen molar-refractivity contribution in [2.75, 3.05) is 23.3 Å². The second kappa shape index (κ2) is 8.90. The van der Waals surface area contributed by atoms with Crippen molar-refractivity contribution < 1.29 is 5.11 Å². The number of rotatable bonds is 5. The van der Waals surface area contributed by atoms with Crippen LogP contribution in [0.2, 0.25) is 0 Å². The normalized spacial score (nSPS) is 25.0. The van der Waals surface area contributed by atoms with Gasteiger partial charge in [-0.2, -0.15) is 5.10 Å². The highest BCUT2D eigenvalue weighted by Gasteiger charge is 2.28. The van der Waals surface area contributed by atoms with Gasteiger partial charge >= 0.3 is 0 Å². The molecule has 0 aromatic carbocycles. The molecule has 2 aromatic rings. The Morgan fingerprint density at radius 3 is 2.66 bits per heavy atom. The van der Waals surface area contributed by atoms with E-state index in [0.717, 1.165) is 63.0 Å². The number of aromatic nitrogens is 4. The van der Waals surface area contributed by atoms with Crippen molar-refractivity contribution in [3.05, 3.63) is 40.4 Å². The first-order valence-electron chi connectivity index (χ1n) is 10.7. The van der Waals surface area contributed by atoms with Gasteiger partial charge in [-0.3, -0.25) is 4.79 Å². The number of nitrogens with zero attached hydrogens (tertiary/aromatic N) is 5. The molecular weight excluding hydrogens is 368 g/mol. The number of hydrogen-bond donors (Lipinski definition) is 2. The minimum absolute atomic E-state index is 0.139. The third-order valence-corrected chi connectivity index (χ3v) is 6.02. The topological polar surface area (TPSA) is 96.2 Å². The maximum absolute atomic E-state index is 12.5. The van der Waals surface area contributed by atoms with E-state index in [-0.39, 0.29) is 17.6 Å². The van der Waals surface area contributed by atoms with E-state index < -0.39 is 6.10 Å². The van der Waals surface area contributed by atoms with E-state index in [0.29, 0.717) is 5.95 Å². The Morgan fingerprint density at radius 2 is 1.86 bits per heavy atom. The van der Waals surface area contributed by atoms with Gasteiger partial charge in [0, 0.05) is 37.6 Å². The number of aliphatic hydroxyl groups is 1. The summed E-state index contributed by atoms with van der Waals surface area (Å²) >= 11 is 0. The Labute approximate surface area is 171 Å². The molecule has 8 heteroatoms. The van der Waals surface area contributed by atoms with Crippen LogP contribution in [0.25, 0.3) is 0 Å². The fourth-order valence-electron chi connectivity index (χ4n) is 4.39. The molecule has 2 N–H and O–H groups in total. The number of aryl methyl sites for hydroxylation is 1. The molecule has 3 unspecified atom stereocenters. The van der Waals surface area contributed by atoms with Gasteiger partial charge in [-0.15, -0.1) is 0 Å². The molecule has 1 saturated carbocycles. The zero-order valence-corrected chi connectivity index (χ0v) is 17.0. The highest BCUT2D eigenvalue weighted by atomic mass is 16.3. The molecule has 156 valence electrons. The van der Waals surface area contributed by atoms with Gasteiger partial charge < -0.3 is 15.3 Å². The minimum Gasteiger partial charge on any atom is -0.391 e. The summed E-state index contributed by atoms with van der Waals surface area (Å²) in [7, 11) is 0. The molecule has 0 bridgehead atoms. The Bertz CT molecular complexity index is 868. The average molecular weight is 399 g/mol. The van der Waals surface area contributed by atoms with E-state index in [9.17, 15) is 9.90 Å². The standard InChI is InChI=1S/C21H30N6O2/c1-15-12-22-21(23-13-15)24-14-16-6-4-5-11-26(16)19-9-10-20(29)27(25-19)17-7-2-3-8-18(17)28/h9-10,12-13,16-18,28H,2-8,11,14H2,1H3,(H,22,23,24). The lowest BCUT2D eigenvalue weighted by molar-refractivity contribution is 0.0669. The van der Waals surface area contributed by atoms with Gasteiger partial charge in [0.15, 0.2) is 0 Å². The van der Waals surface area contributed by atoms with Crippen molar-refractivity contribution in [2.45, 2.75) is 70.1 Å². The maximum atomic E-state index is 12.5. The molecular formula is C21H30N6O2. The van der Waals surface area contributed by atoms with Crippen LogP contribution in [0, 0.1) is 6.92 Å². The van der Waals surface area contributed by atoms with Gasteiger partial charge in [-0.25, -0.2) is 14.6 Å². The van der Waals surface area contributed by atoms with Gasteiger partial charge in [0.25, 0.3) is 5.56 Å². The highest BCUT2D eigenvalue weighted by Crippen LogP contribution is 2.28. The quantitative estimate of drug-likeness (QED) is 0.798. The van der Waals surface area contributed by atoms with Crippen LogP contribution in [-0.4, -0.2) is 50.1 Å². The number of aliphatic hydroxyl groups excluding tert-OH is 1. The van der Waals surface area contributed by atoms with Crippen LogP contribution < -0.4 is 15.8 Å². The zero-order valence-electron chi connectivity index (χ0n) is 17.0. The van der Waals surface area contributed by atoms with Crippen LogP contribution >= 0.6 is 0 Å². The van der Waals surface area contributed by atoms with Crippen LogP contribution in [0.3, 0.4) is 0 Å². The van der Waals surface area contributed by atoms with Crippen LogP contribution in [0.4, 0.5) is 11.8 Å². The van der Waals surface area contributed by atoms with E-state index in [1.807, 2.05) is 13.0 Å². The van der Waals surface area contributed by atoms with E-state index in [4.69, 9.17) is 5.10 Å². The molecule has 1 saturated heterocycles. The second-order valence-electron chi connectivity index (χ2n) is 8.20. The summed E-state index contributed by atoms with van der Waals surface area (Å²) in [5.41, 5.74) is 0.894. The predicted molar refractivity (Wildman–Crippen MR) is 112 cm³/mol. The summed E-state index contributed by atoms with van der Waals surface area (Å²) < 4.78 is 1.52. The third kappa shape index (κ3) is 4.58. The van der Waals surface area contributed by atoms with E-state index >= 15 is 0 Å². The molecule has 3 atom stereocenters. The Hall–Kier alpha value is -2.48. The molecule has 2 fully saturated rings. The Morgan fingerprint density at radius 1 is 1.10 bits per heavy atom. The number of anilines is 2. The number of hydrogen-bond acceptors (Lipinski definition) is 7. The summed E-state index contributed by atoms with van der Waals surface area (Å²) in [5.74, 6) is 1.43. The van der Waals surface area contributed by atoms with Gasteiger partial charge in [0.2, 0.25) is 5.95 Å². The molecule has 1 aliphatic heterocycles. The molecule has 4 rings (SSSR count). The first kappa shape index (κ1) is 19.8. The van der Waals surface area contributed by atoms with Crippen LogP contribution in [0.15, 0.2) is 29.3 Å². The monoisotopic (exact) mass is 398 g/mol. The SMILES string of the molecule is Cc1cnc(NCC2CCCCN2c2ccc(=O)n(C3CCCCC3O)n2)nc1. The molecule has 0 radical (unpaired) electrons. The fraction of sp³-hybridized carbons (Fsp3) is 0.619. The van der Waals surface area contributed by atoms with Crippen LogP contribution in [0.5, 0.6) is 0 Å². The summed E-state index contributed by atoms with van der Waals surface area (Å²) in [6, 6.07) is 3.43. The maximum Gasteiger partial charge on any atom is 0.267 e. The molecule has 8 nitrogen and oxygen atoms in total. The largest absolute Gasteiger partial charge is 0.391 e. The Balaban J connectivity index is 1.52. The Kier molecular flexibility index (Phi) is 6.08. The third-order valence-electron chi connectivity index (χ3n) is 6.02. The molecule has 29 heavy (non-hydrogen) atoms. The van der Waals surface area contributed by atoms with E-state index in [1.54, 1.807) is 18.5 Å². The molecule has 0 spiro atoms. The molecule has 0 amide bonds. The second-order valence-corrected chi connectivity index (χ2v) is 8.20. The predicted octanol–water partition coefficient (Wildman–Crippen LogP) is 2.29. The fourth-order valence-corrected chi connectivity index (χ4v) is 4.39. The molecule has 2 aromatic heterocycles. The van der Waals surface area contributed by atoms with E-state index in [2.05, 4.69) is 20.2 Å². The van der Waals surface area contributed by atoms with Gasteiger partial charge in [0.05, 0.1) is 12.1 Å². The first-order chi connectivity index (χ1) is 14.1. The van der Waals surface area contributed by atoms with Crippen molar-refractivity contribution in [3.63, 3.8) is 0 Å². The summed E-state index contributed by atoms with van der Waals surface area (Å²) in [5, 5.41) is 18.4. The van der Waals surface area contributed by atoms with Crippen molar-refractivity contribution in [2.24, 2.45) is 0 Å². The van der Waals surface area contributed by atoms with E-state index in [1.165, 1.54) is 11.1 Å². The van der Waals surface area contributed by atoms with Crippen molar-refractivity contribution >= 4 is 11.8 Å². The first-order valence-corrected chi connectivity index (χ1v) is 10.7. The van der Waals surface area contributed by atoms with Crippen LogP contribution in [-0.2, 0) is 0 Å². The average Bonchev–Trinajstić information content (AvgIpc) is 2.75. The molecule has 3 heterocycles. The lowest BCUT2D eigenvalue weighted by atomic mass is 9.93. The number of piperidine rings is 1. The lowest BCUT2D eigenvalue weighted by Gasteiger charge is -2.37. The summed E-state index contributed by atoms with van der Waals surface area (Å²) in [6.45, 7) is 3.59. The van der Waals surface area contributed by atoms with Gasteiger partial charge in [-0.1, -0.05) is 12.8 Å². The summed E-state index contributed by atoms with van der Waals surface area (Å²) in [6.07, 6.45) is 9.99. The summed E-state index contributed by atoms with van der Waals surface area (Å²) in [4.78, 5) is 23.4. The van der Waals surface area contributed by atoms with Crippen molar-refractivity contribution in [1.29, 1.82) is 0 Å². The highest BCUT2D eigenvalue weighted by molar-refractivity contribution is 5.40.